The van der Waals surface area contributed by atoms with Gasteiger partial charge in [-0.1, -0.05) is 48.5 Å². The number of carboxylic acid groups (broad SMARTS) is 1. The van der Waals surface area contributed by atoms with Crippen LogP contribution < -0.4 is 10.5 Å². The van der Waals surface area contributed by atoms with Gasteiger partial charge in [-0.25, -0.2) is 0 Å². The number of rotatable bonds is 11. The molecule has 202 valence electrons. The average molecular weight is 521 g/mol. The summed E-state index contributed by atoms with van der Waals surface area (Å²) in [7, 11) is 1.69. The first-order valence-corrected chi connectivity index (χ1v) is 12.5. The molecule has 6 N–H and O–H groups in total. The number of nitrogens with zero attached hydrogens (tertiary/aromatic N) is 1. The van der Waals surface area contributed by atoms with Gasteiger partial charge >= 0.3 is 5.97 Å². The normalized spacial score (nSPS) is 11.2. The molecular weight excluding hydrogens is 484 g/mol. The van der Waals surface area contributed by atoms with Crippen LogP contribution in [0.1, 0.15) is 23.1 Å². The molecule has 1 heterocycles. The number of aliphatic carboxylic acids is 1. The summed E-state index contributed by atoms with van der Waals surface area (Å²) in [6.45, 7) is -1.21. The minimum absolute atomic E-state index is 0.137. The summed E-state index contributed by atoms with van der Waals surface area (Å²) >= 11 is 0. The molecule has 0 radical (unpaired) electrons. The Morgan fingerprint density at radius 3 is 2.13 bits per heavy atom. The number of fused-ring (bicyclic) bond motifs is 1. The van der Waals surface area contributed by atoms with Gasteiger partial charge in [-0.05, 0) is 60.2 Å². The maximum absolute atomic E-state index is 11.0. The summed E-state index contributed by atoms with van der Waals surface area (Å²) in [6.07, 6.45) is 4.71. The number of hydrogen-bond donors (Lipinski definition) is 5. The average Bonchev–Trinajstić information content (AvgIpc) is 3.33. The summed E-state index contributed by atoms with van der Waals surface area (Å²) in [4.78, 5) is 11.0. The Balaban J connectivity index is 0.000000436. The monoisotopic (exact) mass is 520 g/mol. The molecule has 3 aromatic carbocycles. The number of aromatic nitrogens is 1. The minimum atomic E-state index is -1.21. The van der Waals surface area contributed by atoms with Gasteiger partial charge in [0, 0.05) is 18.0 Å². The van der Waals surface area contributed by atoms with Crippen LogP contribution in [0.15, 0.2) is 79.0 Å². The predicted molar refractivity (Wildman–Crippen MR) is 148 cm³/mol. The lowest BCUT2D eigenvalue weighted by Crippen LogP contribution is -2.50. The highest BCUT2D eigenvalue weighted by atomic mass is 16.5. The van der Waals surface area contributed by atoms with Crippen LogP contribution >= 0.6 is 0 Å². The van der Waals surface area contributed by atoms with Crippen molar-refractivity contribution in [3.05, 3.63) is 95.7 Å². The van der Waals surface area contributed by atoms with Crippen LogP contribution in [-0.2, 0) is 24.1 Å². The van der Waals surface area contributed by atoms with E-state index >= 15 is 0 Å². The smallest absolute Gasteiger partial charge is 0.303 e. The van der Waals surface area contributed by atoms with Crippen molar-refractivity contribution in [2.24, 2.45) is 5.73 Å². The molecule has 0 fully saturated rings. The molecule has 8 heteroatoms. The van der Waals surface area contributed by atoms with Gasteiger partial charge in [-0.2, -0.15) is 0 Å². The first kappa shape index (κ1) is 28.9. The number of benzene rings is 3. The lowest BCUT2D eigenvalue weighted by Gasteiger charge is -2.20. The molecule has 4 rings (SSSR count). The predicted octanol–water partition coefficient (Wildman–Crippen LogP) is 3.10. The zero-order chi connectivity index (χ0) is 27.5. The Morgan fingerprint density at radius 1 is 0.868 bits per heavy atom. The van der Waals surface area contributed by atoms with E-state index in [2.05, 4.69) is 53.2 Å². The topological polar surface area (TPSA) is 138 Å². The van der Waals surface area contributed by atoms with Crippen LogP contribution in [-0.4, -0.2) is 63.4 Å². The molecule has 0 amide bonds. The molecule has 0 spiro atoms. The Morgan fingerprint density at radius 2 is 1.53 bits per heavy atom. The van der Waals surface area contributed by atoms with Gasteiger partial charge in [-0.3, -0.25) is 4.79 Å². The highest BCUT2D eigenvalue weighted by molar-refractivity contribution is 5.87. The third kappa shape index (κ3) is 7.43. The highest BCUT2D eigenvalue weighted by Gasteiger charge is 2.20. The number of para-hydroxylation sites is 2. The van der Waals surface area contributed by atoms with Gasteiger partial charge in [0.15, 0.2) is 0 Å². The van der Waals surface area contributed by atoms with E-state index in [9.17, 15) is 4.79 Å². The van der Waals surface area contributed by atoms with E-state index in [4.69, 9.17) is 30.9 Å². The Kier molecular flexibility index (Phi) is 10.4. The number of hydrogen-bond acceptors (Lipinski definition) is 6. The molecule has 8 nitrogen and oxygen atoms in total. The van der Waals surface area contributed by atoms with Crippen LogP contribution in [0, 0.1) is 0 Å². The Hall–Kier alpha value is -3.69. The van der Waals surface area contributed by atoms with Crippen LogP contribution in [0.2, 0.25) is 0 Å². The van der Waals surface area contributed by atoms with E-state index in [1.807, 2.05) is 30.3 Å². The van der Waals surface area contributed by atoms with E-state index in [1.54, 1.807) is 7.11 Å². The molecular formula is C30H36N2O6. The second kappa shape index (κ2) is 13.7. The number of aryl methyl sites for hydroxylation is 3. The van der Waals surface area contributed by atoms with Crippen LogP contribution in [0.25, 0.3) is 16.6 Å². The number of carboxylic acids is 1. The molecule has 0 unspecified atom stereocenters. The zero-order valence-electron chi connectivity index (χ0n) is 21.6. The minimum Gasteiger partial charge on any atom is -0.495 e. The standard InChI is InChI=1S/C26H25NO3.C4H11NO3/c1-30-25-10-6-5-9-24(25)27-18-21(14-11-19-7-3-2-4-8-19)22-17-20(12-15-23(22)27)13-16-26(28)29;5-4(1-6,2-7)3-8/h2-10,12,15,17-18H,11,13-14,16H2,1H3,(H,28,29);6-8H,1-3,5H2. The molecule has 0 saturated heterocycles. The zero-order valence-corrected chi connectivity index (χ0v) is 21.6. The van der Waals surface area contributed by atoms with Crippen molar-refractivity contribution >= 4 is 16.9 Å². The molecule has 0 saturated carbocycles. The third-order valence-electron chi connectivity index (χ3n) is 6.39. The van der Waals surface area contributed by atoms with Crippen LogP contribution in [0.3, 0.4) is 0 Å². The van der Waals surface area contributed by atoms with Gasteiger partial charge in [-0.15, -0.1) is 0 Å². The summed E-state index contributed by atoms with van der Waals surface area (Å²) < 4.78 is 7.77. The van der Waals surface area contributed by atoms with Crippen LogP contribution in [0.4, 0.5) is 0 Å². The van der Waals surface area contributed by atoms with Crippen molar-refractivity contribution in [1.29, 1.82) is 0 Å². The van der Waals surface area contributed by atoms with Crippen LogP contribution in [0.5, 0.6) is 5.75 Å². The first-order valence-electron chi connectivity index (χ1n) is 12.5. The maximum atomic E-state index is 11.0. The van der Waals surface area contributed by atoms with Crippen molar-refractivity contribution in [3.63, 3.8) is 0 Å². The number of aliphatic hydroxyl groups is 3. The Bertz CT molecular complexity index is 1310. The SMILES string of the molecule is COc1ccccc1-n1cc(CCc2ccccc2)c2cc(CCC(=O)O)ccc21.NC(CO)(CO)CO. The van der Waals surface area contributed by atoms with Gasteiger partial charge in [0.1, 0.15) is 5.75 Å². The number of methoxy groups -OCH3 is 1. The summed E-state index contributed by atoms with van der Waals surface area (Å²) in [5.74, 6) is 0.0463. The fraction of sp³-hybridized carbons (Fsp3) is 0.300. The van der Waals surface area contributed by atoms with Crippen molar-refractivity contribution < 1.29 is 30.0 Å². The number of carbonyl (C=O) groups is 1. The molecule has 4 aromatic rings. The fourth-order valence-electron chi connectivity index (χ4n) is 4.05. The first-order chi connectivity index (χ1) is 18.3. The molecule has 0 bridgehead atoms. The lowest BCUT2D eigenvalue weighted by atomic mass is 10.0. The van der Waals surface area contributed by atoms with Crippen molar-refractivity contribution in [2.45, 2.75) is 31.2 Å². The van der Waals surface area contributed by atoms with Gasteiger partial charge < -0.3 is 35.5 Å². The van der Waals surface area contributed by atoms with E-state index in [-0.39, 0.29) is 6.42 Å². The third-order valence-corrected chi connectivity index (χ3v) is 6.39. The van der Waals surface area contributed by atoms with Crippen molar-refractivity contribution in [3.8, 4) is 11.4 Å². The van der Waals surface area contributed by atoms with Crippen molar-refractivity contribution in [2.75, 3.05) is 26.9 Å². The number of ether oxygens (including phenoxy) is 1. The number of aliphatic hydroxyl groups excluding tert-OH is 3. The maximum Gasteiger partial charge on any atom is 0.303 e. The summed E-state index contributed by atoms with van der Waals surface area (Å²) in [6, 6.07) is 24.7. The van der Waals surface area contributed by atoms with E-state index in [0.717, 1.165) is 35.4 Å². The molecule has 0 aliphatic rings. The molecule has 1 aromatic heterocycles. The summed E-state index contributed by atoms with van der Waals surface area (Å²) in [5, 5.41) is 35.2. The number of nitrogens with two attached hydrogens (primary N) is 1. The fourth-order valence-corrected chi connectivity index (χ4v) is 4.05. The molecule has 0 aliphatic heterocycles. The molecule has 0 aliphatic carbocycles. The molecule has 38 heavy (non-hydrogen) atoms. The second-order valence-electron chi connectivity index (χ2n) is 9.26. The van der Waals surface area contributed by atoms with Gasteiger partial charge in [0.2, 0.25) is 0 Å². The van der Waals surface area contributed by atoms with Gasteiger partial charge in [0.25, 0.3) is 0 Å². The quantitative estimate of drug-likeness (QED) is 0.205. The summed E-state index contributed by atoms with van der Waals surface area (Å²) in [5.41, 5.74) is 9.63. The highest BCUT2D eigenvalue weighted by Crippen LogP contribution is 2.31. The van der Waals surface area contributed by atoms with Crippen molar-refractivity contribution in [1.82, 2.24) is 4.57 Å². The largest absolute Gasteiger partial charge is 0.495 e. The van der Waals surface area contributed by atoms with E-state index in [0.29, 0.717) is 6.42 Å². The van der Waals surface area contributed by atoms with E-state index < -0.39 is 31.3 Å². The Labute approximate surface area is 222 Å². The second-order valence-corrected chi connectivity index (χ2v) is 9.26. The molecule has 0 atom stereocenters. The van der Waals surface area contributed by atoms with Gasteiger partial charge in [0.05, 0.1) is 43.7 Å². The van der Waals surface area contributed by atoms with E-state index in [1.165, 1.54) is 16.5 Å². The lowest BCUT2D eigenvalue weighted by molar-refractivity contribution is -0.136.